The third-order valence-electron chi connectivity index (χ3n) is 4.28. The van der Waals surface area contributed by atoms with Crippen molar-refractivity contribution in [2.45, 2.75) is 20.8 Å². The highest BCUT2D eigenvalue weighted by molar-refractivity contribution is 9.10. The van der Waals surface area contributed by atoms with E-state index in [2.05, 4.69) is 41.6 Å². The van der Waals surface area contributed by atoms with Gasteiger partial charge in [-0.1, -0.05) is 5.16 Å². The minimum absolute atomic E-state index is 0.726. The number of hydrogen-bond acceptors (Lipinski definition) is 6. The first-order valence-electron chi connectivity index (χ1n) is 8.35. The molecule has 0 fully saturated rings. The molecule has 0 spiro atoms. The van der Waals surface area contributed by atoms with Crippen LogP contribution in [0.15, 0.2) is 52.0 Å². The van der Waals surface area contributed by atoms with Crippen molar-refractivity contribution in [1.29, 1.82) is 0 Å². The maximum Gasteiger partial charge on any atom is 0.143 e. The molecule has 4 rings (SSSR count). The number of nitrogens with one attached hydrogen (secondary N) is 1. The van der Waals surface area contributed by atoms with Crippen LogP contribution in [-0.2, 0) is 0 Å². The van der Waals surface area contributed by atoms with E-state index >= 15 is 0 Å². The molecule has 0 unspecified atom stereocenters. The van der Waals surface area contributed by atoms with Crippen molar-refractivity contribution in [3.8, 4) is 16.9 Å². The van der Waals surface area contributed by atoms with Gasteiger partial charge in [-0.25, -0.2) is 4.98 Å². The standard InChI is InChI=1S/C19H17BrN6O/c1-11-16(9-17(24-23-11)19-12(2)25-27-13(19)3)22-14-4-5-18(15(20)8-14)26-7-6-21-10-26/h4-10H,1-3H3,(H,22,24). The molecule has 0 radical (unpaired) electrons. The average Bonchev–Trinajstić information content (AvgIpc) is 3.28. The van der Waals surface area contributed by atoms with Gasteiger partial charge in [-0.15, -0.1) is 5.10 Å². The number of anilines is 2. The van der Waals surface area contributed by atoms with Crippen LogP contribution < -0.4 is 5.32 Å². The highest BCUT2D eigenvalue weighted by atomic mass is 79.9. The lowest BCUT2D eigenvalue weighted by Gasteiger charge is -2.12. The van der Waals surface area contributed by atoms with Gasteiger partial charge in [0.2, 0.25) is 0 Å². The van der Waals surface area contributed by atoms with E-state index < -0.39 is 0 Å². The SMILES string of the molecule is Cc1nnc(-c2c(C)noc2C)cc1Nc1ccc(-n2ccnc2)c(Br)c1. The minimum atomic E-state index is 0.726. The average molecular weight is 425 g/mol. The summed E-state index contributed by atoms with van der Waals surface area (Å²) in [5.74, 6) is 0.726. The molecule has 3 aromatic heterocycles. The van der Waals surface area contributed by atoms with E-state index in [-0.39, 0.29) is 0 Å². The molecule has 136 valence electrons. The fourth-order valence-electron chi connectivity index (χ4n) is 2.90. The second-order valence-corrected chi connectivity index (χ2v) is 7.04. The molecule has 3 heterocycles. The van der Waals surface area contributed by atoms with Crippen molar-refractivity contribution in [3.63, 3.8) is 0 Å². The largest absolute Gasteiger partial charge is 0.361 e. The van der Waals surface area contributed by atoms with Crippen LogP contribution in [0.25, 0.3) is 16.9 Å². The third kappa shape index (κ3) is 3.35. The summed E-state index contributed by atoms with van der Waals surface area (Å²) in [7, 11) is 0. The Bertz CT molecular complexity index is 1080. The Labute approximate surface area is 164 Å². The molecule has 1 N–H and O–H groups in total. The third-order valence-corrected chi connectivity index (χ3v) is 4.91. The van der Waals surface area contributed by atoms with Crippen LogP contribution in [0, 0.1) is 20.8 Å². The maximum atomic E-state index is 5.25. The lowest BCUT2D eigenvalue weighted by Crippen LogP contribution is -2.00. The summed E-state index contributed by atoms with van der Waals surface area (Å²) in [6, 6.07) is 8.01. The van der Waals surface area contributed by atoms with Crippen molar-refractivity contribution < 1.29 is 4.52 Å². The first-order chi connectivity index (χ1) is 13.0. The van der Waals surface area contributed by atoms with E-state index in [9.17, 15) is 0 Å². The van der Waals surface area contributed by atoms with Crippen LogP contribution in [0.5, 0.6) is 0 Å². The van der Waals surface area contributed by atoms with Crippen molar-refractivity contribution in [3.05, 3.63) is 64.6 Å². The van der Waals surface area contributed by atoms with Gasteiger partial charge in [-0.3, -0.25) is 0 Å². The van der Waals surface area contributed by atoms with Gasteiger partial charge in [0.15, 0.2) is 0 Å². The molecule has 0 aliphatic heterocycles. The molecule has 0 bridgehead atoms. The smallest absolute Gasteiger partial charge is 0.143 e. The monoisotopic (exact) mass is 424 g/mol. The molecule has 1 aromatic carbocycles. The van der Waals surface area contributed by atoms with Crippen LogP contribution >= 0.6 is 15.9 Å². The zero-order chi connectivity index (χ0) is 19.0. The Morgan fingerprint density at radius 3 is 2.59 bits per heavy atom. The van der Waals surface area contributed by atoms with E-state index in [0.29, 0.717) is 0 Å². The lowest BCUT2D eigenvalue weighted by atomic mass is 10.1. The van der Waals surface area contributed by atoms with E-state index in [0.717, 1.165) is 49.9 Å². The zero-order valence-corrected chi connectivity index (χ0v) is 16.6. The highest BCUT2D eigenvalue weighted by Gasteiger charge is 2.15. The summed E-state index contributed by atoms with van der Waals surface area (Å²) >= 11 is 3.63. The van der Waals surface area contributed by atoms with Crippen LogP contribution in [0.4, 0.5) is 11.4 Å². The number of nitrogens with zero attached hydrogens (tertiary/aromatic N) is 5. The number of benzene rings is 1. The Balaban J connectivity index is 1.67. The number of imidazole rings is 1. The number of halogens is 1. The maximum absolute atomic E-state index is 5.25. The summed E-state index contributed by atoms with van der Waals surface area (Å²) in [6.45, 7) is 5.68. The van der Waals surface area contributed by atoms with Gasteiger partial charge >= 0.3 is 0 Å². The first-order valence-corrected chi connectivity index (χ1v) is 9.14. The topological polar surface area (TPSA) is 81.7 Å². The van der Waals surface area contributed by atoms with Gasteiger partial charge in [0.1, 0.15) is 11.5 Å². The molecule has 4 aromatic rings. The fraction of sp³-hybridized carbons (Fsp3) is 0.158. The van der Waals surface area contributed by atoms with E-state index in [1.54, 1.807) is 12.5 Å². The summed E-state index contributed by atoms with van der Waals surface area (Å²) in [6.07, 6.45) is 5.42. The minimum Gasteiger partial charge on any atom is -0.361 e. The van der Waals surface area contributed by atoms with Crippen molar-refractivity contribution in [1.82, 2.24) is 24.9 Å². The molecule has 0 aliphatic rings. The van der Waals surface area contributed by atoms with Gasteiger partial charge in [0.25, 0.3) is 0 Å². The molecule has 8 heteroatoms. The predicted molar refractivity (Wildman–Crippen MR) is 106 cm³/mol. The van der Waals surface area contributed by atoms with Gasteiger partial charge < -0.3 is 14.4 Å². The molecular formula is C19H17BrN6O. The summed E-state index contributed by atoms with van der Waals surface area (Å²) < 4.78 is 8.15. The Kier molecular flexibility index (Phi) is 4.49. The Hall–Kier alpha value is -3.00. The van der Waals surface area contributed by atoms with Gasteiger partial charge in [-0.05, 0) is 61.0 Å². The second kappa shape index (κ2) is 6.96. The van der Waals surface area contributed by atoms with E-state index in [1.807, 2.05) is 55.8 Å². The molecule has 27 heavy (non-hydrogen) atoms. The molecular weight excluding hydrogens is 408 g/mol. The number of hydrogen-bond donors (Lipinski definition) is 1. The van der Waals surface area contributed by atoms with Crippen molar-refractivity contribution >= 4 is 27.3 Å². The van der Waals surface area contributed by atoms with Gasteiger partial charge in [-0.2, -0.15) is 5.10 Å². The molecule has 0 aliphatic carbocycles. The summed E-state index contributed by atoms with van der Waals surface area (Å²) in [5, 5.41) is 16.0. The number of aryl methyl sites for hydroxylation is 3. The molecule has 0 saturated carbocycles. The summed E-state index contributed by atoms with van der Waals surface area (Å²) in [4.78, 5) is 4.09. The van der Waals surface area contributed by atoms with Crippen molar-refractivity contribution in [2.24, 2.45) is 0 Å². The first kappa shape index (κ1) is 17.4. The fourth-order valence-corrected chi connectivity index (χ4v) is 3.48. The van der Waals surface area contributed by atoms with E-state index in [4.69, 9.17) is 4.52 Å². The van der Waals surface area contributed by atoms with Crippen LogP contribution in [-0.4, -0.2) is 24.9 Å². The lowest BCUT2D eigenvalue weighted by molar-refractivity contribution is 0.393. The normalized spacial score (nSPS) is 11.0. The molecule has 0 saturated heterocycles. The van der Waals surface area contributed by atoms with Gasteiger partial charge in [0, 0.05) is 22.6 Å². The predicted octanol–water partition coefficient (Wildman–Crippen LogP) is 4.75. The van der Waals surface area contributed by atoms with Crippen LogP contribution in [0.2, 0.25) is 0 Å². The summed E-state index contributed by atoms with van der Waals surface area (Å²) in [5.41, 5.74) is 6.04. The quantitative estimate of drug-likeness (QED) is 0.508. The van der Waals surface area contributed by atoms with E-state index in [1.165, 1.54) is 0 Å². The molecule has 7 nitrogen and oxygen atoms in total. The van der Waals surface area contributed by atoms with Gasteiger partial charge in [0.05, 0.1) is 34.7 Å². The van der Waals surface area contributed by atoms with Crippen LogP contribution in [0.1, 0.15) is 17.1 Å². The molecule has 0 amide bonds. The second-order valence-electron chi connectivity index (χ2n) is 6.19. The number of aromatic nitrogens is 5. The Morgan fingerprint density at radius 1 is 1.07 bits per heavy atom. The molecule has 0 atom stereocenters. The highest BCUT2D eigenvalue weighted by Crippen LogP contribution is 2.30. The van der Waals surface area contributed by atoms with Crippen LogP contribution in [0.3, 0.4) is 0 Å². The number of rotatable bonds is 4. The zero-order valence-electron chi connectivity index (χ0n) is 15.1. The Morgan fingerprint density at radius 2 is 1.93 bits per heavy atom. The van der Waals surface area contributed by atoms with Crippen molar-refractivity contribution in [2.75, 3.05) is 5.32 Å².